The lowest BCUT2D eigenvalue weighted by Crippen LogP contribution is -2.41. The summed E-state index contributed by atoms with van der Waals surface area (Å²) in [6, 6.07) is 2.90. The van der Waals surface area contributed by atoms with Gasteiger partial charge in [-0.2, -0.15) is 0 Å². The molecule has 1 aliphatic rings. The molecule has 0 unspecified atom stereocenters. The van der Waals surface area contributed by atoms with Gasteiger partial charge in [-0.1, -0.05) is 6.92 Å². The Balaban J connectivity index is 1.89. The molecule has 1 fully saturated rings. The van der Waals surface area contributed by atoms with Crippen molar-refractivity contribution in [2.45, 2.75) is 45.8 Å². The van der Waals surface area contributed by atoms with Gasteiger partial charge in [-0.15, -0.1) is 0 Å². The summed E-state index contributed by atoms with van der Waals surface area (Å²) in [6.07, 6.45) is 2.52. The second-order valence-corrected chi connectivity index (χ2v) is 6.02. The number of rotatable bonds is 6. The number of furan rings is 1. The van der Waals surface area contributed by atoms with Crippen molar-refractivity contribution in [1.82, 2.24) is 15.1 Å². The Morgan fingerprint density at radius 2 is 2.10 bits per heavy atom. The summed E-state index contributed by atoms with van der Waals surface area (Å²) in [5, 5.41) is 3.36. The van der Waals surface area contributed by atoms with Crippen LogP contribution in [0, 0.1) is 6.92 Å². The second kappa shape index (κ2) is 7.25. The number of hydrogen-bond donors (Lipinski definition) is 1. The van der Waals surface area contributed by atoms with Gasteiger partial charge >= 0.3 is 0 Å². The van der Waals surface area contributed by atoms with E-state index >= 15 is 0 Å². The zero-order valence-electron chi connectivity index (χ0n) is 13.4. The highest BCUT2D eigenvalue weighted by molar-refractivity contribution is 5.20. The van der Waals surface area contributed by atoms with Crippen LogP contribution < -0.4 is 5.32 Å². The van der Waals surface area contributed by atoms with E-state index in [2.05, 4.69) is 49.1 Å². The number of aryl methyl sites for hydroxylation is 1. The van der Waals surface area contributed by atoms with Gasteiger partial charge in [-0.05, 0) is 59.6 Å². The summed E-state index contributed by atoms with van der Waals surface area (Å²) in [7, 11) is 4.43. The van der Waals surface area contributed by atoms with Crippen LogP contribution in [0.2, 0.25) is 0 Å². The van der Waals surface area contributed by atoms with Gasteiger partial charge < -0.3 is 14.6 Å². The molecule has 20 heavy (non-hydrogen) atoms. The zero-order valence-corrected chi connectivity index (χ0v) is 13.4. The molecule has 0 saturated carbocycles. The van der Waals surface area contributed by atoms with E-state index in [1.807, 2.05) is 0 Å². The van der Waals surface area contributed by atoms with Gasteiger partial charge in [-0.25, -0.2) is 0 Å². The minimum atomic E-state index is 0.689. The molecule has 2 rings (SSSR count). The van der Waals surface area contributed by atoms with E-state index in [1.165, 1.54) is 31.5 Å². The average Bonchev–Trinajstić information content (AvgIpc) is 2.77. The van der Waals surface area contributed by atoms with Gasteiger partial charge in [0, 0.05) is 18.2 Å². The van der Waals surface area contributed by atoms with Crippen LogP contribution in [-0.4, -0.2) is 49.6 Å². The fourth-order valence-electron chi connectivity index (χ4n) is 2.91. The quantitative estimate of drug-likeness (QED) is 0.865. The van der Waals surface area contributed by atoms with Crippen molar-refractivity contribution < 1.29 is 4.42 Å². The van der Waals surface area contributed by atoms with Gasteiger partial charge in [-0.3, -0.25) is 4.90 Å². The van der Waals surface area contributed by atoms with Gasteiger partial charge in [0.05, 0.1) is 6.54 Å². The van der Waals surface area contributed by atoms with Crippen molar-refractivity contribution in [2.24, 2.45) is 0 Å². The van der Waals surface area contributed by atoms with E-state index < -0.39 is 0 Å². The third-order valence-electron chi connectivity index (χ3n) is 4.35. The third kappa shape index (κ3) is 4.08. The number of hydrogen-bond acceptors (Lipinski definition) is 4. The fourth-order valence-corrected chi connectivity index (χ4v) is 2.91. The first kappa shape index (κ1) is 15.5. The van der Waals surface area contributed by atoms with Crippen molar-refractivity contribution in [3.63, 3.8) is 0 Å². The summed E-state index contributed by atoms with van der Waals surface area (Å²) in [5.41, 5.74) is 1.29. The van der Waals surface area contributed by atoms with Crippen molar-refractivity contribution in [1.29, 1.82) is 0 Å². The lowest BCUT2D eigenvalue weighted by molar-refractivity contribution is 0.132. The topological polar surface area (TPSA) is 31.6 Å². The fraction of sp³-hybridized carbons (Fsp3) is 0.750. The van der Waals surface area contributed by atoms with Crippen molar-refractivity contribution in [2.75, 3.05) is 33.7 Å². The number of nitrogens with one attached hydrogen (secondary N) is 1. The van der Waals surface area contributed by atoms with Gasteiger partial charge in [0.25, 0.3) is 0 Å². The molecule has 114 valence electrons. The van der Waals surface area contributed by atoms with Crippen LogP contribution >= 0.6 is 0 Å². The minimum absolute atomic E-state index is 0.689. The molecule has 1 aromatic heterocycles. The van der Waals surface area contributed by atoms with Crippen LogP contribution in [0.3, 0.4) is 0 Å². The maximum absolute atomic E-state index is 5.90. The number of likely N-dealkylation sites (tertiary alicyclic amines) is 1. The predicted octanol–water partition coefficient (Wildman–Crippen LogP) is 2.22. The highest BCUT2D eigenvalue weighted by Gasteiger charge is 2.21. The SMILES string of the molecule is CCNCc1cc(CN(C)C2CCN(C)CC2)oc1C. The van der Waals surface area contributed by atoms with Gasteiger partial charge in [0.15, 0.2) is 0 Å². The Bertz CT molecular complexity index is 408. The zero-order chi connectivity index (χ0) is 14.5. The smallest absolute Gasteiger partial charge is 0.118 e. The Morgan fingerprint density at radius 3 is 2.75 bits per heavy atom. The Labute approximate surface area is 123 Å². The molecular formula is C16H29N3O. The highest BCUT2D eigenvalue weighted by Crippen LogP contribution is 2.20. The normalized spacial score (nSPS) is 18.1. The van der Waals surface area contributed by atoms with E-state index in [4.69, 9.17) is 4.42 Å². The van der Waals surface area contributed by atoms with E-state index in [0.717, 1.165) is 31.2 Å². The van der Waals surface area contributed by atoms with E-state index in [0.29, 0.717) is 6.04 Å². The molecule has 0 spiro atoms. The summed E-state index contributed by atoms with van der Waals surface area (Å²) < 4.78 is 5.90. The summed E-state index contributed by atoms with van der Waals surface area (Å²) in [5.74, 6) is 2.15. The summed E-state index contributed by atoms with van der Waals surface area (Å²) >= 11 is 0. The Hall–Kier alpha value is -0.840. The van der Waals surface area contributed by atoms with Crippen molar-refractivity contribution >= 4 is 0 Å². The van der Waals surface area contributed by atoms with Crippen LogP contribution in [0.1, 0.15) is 36.8 Å². The number of piperidine rings is 1. The molecule has 0 bridgehead atoms. The van der Waals surface area contributed by atoms with Crippen LogP contribution in [0.15, 0.2) is 10.5 Å². The lowest BCUT2D eigenvalue weighted by atomic mass is 10.0. The standard InChI is InChI=1S/C16H29N3O/c1-5-17-11-14-10-16(20-13(14)2)12-19(4)15-6-8-18(3)9-7-15/h10,15,17H,5-9,11-12H2,1-4H3. The first-order valence-electron chi connectivity index (χ1n) is 7.77. The van der Waals surface area contributed by atoms with Crippen LogP contribution in [0.25, 0.3) is 0 Å². The molecule has 0 radical (unpaired) electrons. The molecule has 0 atom stereocenters. The molecule has 2 heterocycles. The number of nitrogens with zero attached hydrogens (tertiary/aromatic N) is 2. The van der Waals surface area contributed by atoms with Crippen molar-refractivity contribution in [3.8, 4) is 0 Å². The van der Waals surface area contributed by atoms with Crippen LogP contribution in [-0.2, 0) is 13.1 Å². The van der Waals surface area contributed by atoms with Crippen LogP contribution in [0.5, 0.6) is 0 Å². The van der Waals surface area contributed by atoms with E-state index in [9.17, 15) is 0 Å². The second-order valence-electron chi connectivity index (χ2n) is 6.02. The molecule has 0 aromatic carbocycles. The average molecular weight is 279 g/mol. The van der Waals surface area contributed by atoms with E-state index in [1.54, 1.807) is 0 Å². The molecule has 1 aliphatic heterocycles. The monoisotopic (exact) mass is 279 g/mol. The summed E-state index contributed by atoms with van der Waals surface area (Å²) in [6.45, 7) is 9.42. The molecular weight excluding hydrogens is 250 g/mol. The largest absolute Gasteiger partial charge is 0.465 e. The molecule has 1 N–H and O–H groups in total. The molecule has 4 nitrogen and oxygen atoms in total. The maximum Gasteiger partial charge on any atom is 0.118 e. The highest BCUT2D eigenvalue weighted by atomic mass is 16.3. The molecule has 0 amide bonds. The first-order chi connectivity index (χ1) is 9.60. The van der Waals surface area contributed by atoms with Crippen LogP contribution in [0.4, 0.5) is 0 Å². The van der Waals surface area contributed by atoms with Crippen molar-refractivity contribution in [3.05, 3.63) is 23.2 Å². The van der Waals surface area contributed by atoms with Gasteiger partial charge in [0.1, 0.15) is 11.5 Å². The third-order valence-corrected chi connectivity index (χ3v) is 4.35. The molecule has 1 saturated heterocycles. The maximum atomic E-state index is 5.90. The first-order valence-corrected chi connectivity index (χ1v) is 7.77. The summed E-state index contributed by atoms with van der Waals surface area (Å²) in [4.78, 5) is 4.86. The molecule has 4 heteroatoms. The Kier molecular flexibility index (Phi) is 5.64. The Morgan fingerprint density at radius 1 is 1.40 bits per heavy atom. The lowest BCUT2D eigenvalue weighted by Gasteiger charge is -2.34. The van der Waals surface area contributed by atoms with E-state index in [-0.39, 0.29) is 0 Å². The predicted molar refractivity (Wildman–Crippen MR) is 82.8 cm³/mol. The van der Waals surface area contributed by atoms with Gasteiger partial charge in [0.2, 0.25) is 0 Å². The molecule has 0 aliphatic carbocycles. The minimum Gasteiger partial charge on any atom is -0.465 e. The molecule has 1 aromatic rings.